The van der Waals surface area contributed by atoms with Gasteiger partial charge >= 0.3 is 6.03 Å². The molecule has 1 heterocycles. The summed E-state index contributed by atoms with van der Waals surface area (Å²) in [5.74, 6) is -1.77. The van der Waals surface area contributed by atoms with Gasteiger partial charge in [0, 0.05) is 25.2 Å². The van der Waals surface area contributed by atoms with Gasteiger partial charge in [-0.15, -0.1) is 0 Å². The number of urea groups is 1. The van der Waals surface area contributed by atoms with Crippen molar-refractivity contribution < 1.29 is 23.4 Å². The van der Waals surface area contributed by atoms with Crippen molar-refractivity contribution in [3.8, 4) is 5.75 Å². The van der Waals surface area contributed by atoms with Gasteiger partial charge in [0.2, 0.25) is 0 Å². The molecule has 0 saturated carbocycles. The van der Waals surface area contributed by atoms with Crippen molar-refractivity contribution in [2.45, 2.75) is 18.9 Å². The Kier molecular flexibility index (Phi) is 4.39. The second-order valence-electron chi connectivity index (χ2n) is 4.64. The lowest BCUT2D eigenvalue weighted by Gasteiger charge is -2.30. The Hall–Kier alpha value is -1.89. The number of hydrogen-bond donors (Lipinski definition) is 2. The van der Waals surface area contributed by atoms with Crippen molar-refractivity contribution in [3.05, 3.63) is 23.8 Å². The standard InChI is InChI=1S/C13H16F2N2O3/c1-20-12-6-9(14)11(5-10(12)15)16-13(19)17-4-2-3-8(18)7-17/h5-6,8,18H,2-4,7H2,1H3,(H,16,19). The highest BCUT2D eigenvalue weighted by Gasteiger charge is 2.23. The van der Waals surface area contributed by atoms with Crippen molar-refractivity contribution in [1.82, 2.24) is 4.90 Å². The van der Waals surface area contributed by atoms with E-state index < -0.39 is 23.8 Å². The Morgan fingerprint density at radius 1 is 1.45 bits per heavy atom. The number of piperidine rings is 1. The normalized spacial score (nSPS) is 18.8. The topological polar surface area (TPSA) is 61.8 Å². The van der Waals surface area contributed by atoms with Gasteiger partial charge < -0.3 is 20.1 Å². The summed E-state index contributed by atoms with van der Waals surface area (Å²) in [6.45, 7) is 0.662. The first kappa shape index (κ1) is 14.5. The molecule has 0 spiro atoms. The highest BCUT2D eigenvalue weighted by molar-refractivity contribution is 5.89. The summed E-state index contributed by atoms with van der Waals surface area (Å²) in [4.78, 5) is 13.3. The number of aliphatic hydroxyl groups is 1. The van der Waals surface area contributed by atoms with Gasteiger partial charge in [-0.3, -0.25) is 0 Å². The maximum Gasteiger partial charge on any atom is 0.322 e. The number of carbonyl (C=O) groups excluding carboxylic acids is 1. The van der Waals surface area contributed by atoms with Crippen LogP contribution in [0.4, 0.5) is 19.3 Å². The van der Waals surface area contributed by atoms with Gasteiger partial charge in [0.25, 0.3) is 0 Å². The van der Waals surface area contributed by atoms with E-state index in [9.17, 15) is 18.7 Å². The van der Waals surface area contributed by atoms with Crippen LogP contribution in [-0.4, -0.2) is 42.3 Å². The second kappa shape index (κ2) is 6.04. The number of methoxy groups -OCH3 is 1. The lowest BCUT2D eigenvalue weighted by atomic mass is 10.1. The second-order valence-corrected chi connectivity index (χ2v) is 4.64. The molecule has 0 aliphatic carbocycles. The van der Waals surface area contributed by atoms with Crippen molar-refractivity contribution in [1.29, 1.82) is 0 Å². The van der Waals surface area contributed by atoms with Gasteiger partial charge in [0.1, 0.15) is 0 Å². The molecule has 1 unspecified atom stereocenters. The molecular weight excluding hydrogens is 270 g/mol. The lowest BCUT2D eigenvalue weighted by Crippen LogP contribution is -2.44. The van der Waals surface area contributed by atoms with Crippen molar-refractivity contribution in [2.24, 2.45) is 0 Å². The fourth-order valence-corrected chi connectivity index (χ4v) is 2.11. The number of hydrogen-bond acceptors (Lipinski definition) is 3. The van der Waals surface area contributed by atoms with Crippen LogP contribution in [0.25, 0.3) is 0 Å². The summed E-state index contributed by atoms with van der Waals surface area (Å²) >= 11 is 0. The largest absolute Gasteiger partial charge is 0.494 e. The molecule has 1 aliphatic heterocycles. The summed E-state index contributed by atoms with van der Waals surface area (Å²) in [5, 5.41) is 11.8. The van der Waals surface area contributed by atoms with E-state index in [1.807, 2.05) is 0 Å². The molecule has 1 fully saturated rings. The predicted octanol–water partition coefficient (Wildman–Crippen LogP) is 1.96. The summed E-state index contributed by atoms with van der Waals surface area (Å²) in [6, 6.07) is 1.18. The lowest BCUT2D eigenvalue weighted by molar-refractivity contribution is 0.0883. The van der Waals surface area contributed by atoms with Gasteiger partial charge in [-0.1, -0.05) is 0 Å². The molecule has 5 nitrogen and oxygen atoms in total. The van der Waals surface area contributed by atoms with E-state index in [2.05, 4.69) is 10.1 Å². The van der Waals surface area contributed by atoms with Crippen LogP contribution in [0.2, 0.25) is 0 Å². The average Bonchev–Trinajstić information content (AvgIpc) is 2.42. The first-order valence-electron chi connectivity index (χ1n) is 6.28. The zero-order valence-electron chi connectivity index (χ0n) is 11.0. The van der Waals surface area contributed by atoms with E-state index in [1.54, 1.807) is 0 Å². The zero-order chi connectivity index (χ0) is 14.7. The van der Waals surface area contributed by atoms with Crippen LogP contribution < -0.4 is 10.1 Å². The molecule has 0 aromatic heterocycles. The zero-order valence-corrected chi connectivity index (χ0v) is 11.0. The Morgan fingerprint density at radius 3 is 2.85 bits per heavy atom. The highest BCUT2D eigenvalue weighted by atomic mass is 19.1. The number of β-amino-alcohol motifs (C(OH)–C–C–N with tert-alkyl or cyclic N) is 1. The van der Waals surface area contributed by atoms with Crippen LogP contribution in [0, 0.1) is 11.6 Å². The minimum atomic E-state index is -0.783. The maximum atomic E-state index is 13.7. The quantitative estimate of drug-likeness (QED) is 0.873. The number of carbonyl (C=O) groups is 1. The smallest absolute Gasteiger partial charge is 0.322 e. The maximum absolute atomic E-state index is 13.7. The van der Waals surface area contributed by atoms with Crippen molar-refractivity contribution >= 4 is 11.7 Å². The molecule has 2 rings (SSSR count). The molecule has 1 atom stereocenters. The van der Waals surface area contributed by atoms with E-state index in [4.69, 9.17) is 0 Å². The molecule has 1 aromatic carbocycles. The Morgan fingerprint density at radius 2 is 2.20 bits per heavy atom. The van der Waals surface area contributed by atoms with Gasteiger partial charge in [0.15, 0.2) is 17.4 Å². The molecule has 20 heavy (non-hydrogen) atoms. The average molecular weight is 286 g/mol. The van der Waals surface area contributed by atoms with E-state index in [1.165, 1.54) is 12.0 Å². The first-order valence-corrected chi connectivity index (χ1v) is 6.28. The number of benzene rings is 1. The van der Waals surface area contributed by atoms with Gasteiger partial charge in [0.05, 0.1) is 18.9 Å². The van der Waals surface area contributed by atoms with E-state index >= 15 is 0 Å². The summed E-state index contributed by atoms with van der Waals surface area (Å²) in [5.41, 5.74) is -0.256. The number of anilines is 1. The number of nitrogens with one attached hydrogen (secondary N) is 1. The van der Waals surface area contributed by atoms with Crippen LogP contribution >= 0.6 is 0 Å². The fourth-order valence-electron chi connectivity index (χ4n) is 2.11. The van der Waals surface area contributed by atoms with E-state index in [0.29, 0.717) is 19.4 Å². The third-order valence-electron chi connectivity index (χ3n) is 3.17. The Bertz CT molecular complexity index is 511. The van der Waals surface area contributed by atoms with E-state index in [0.717, 1.165) is 12.1 Å². The Labute approximate surface area is 115 Å². The monoisotopic (exact) mass is 286 g/mol. The van der Waals surface area contributed by atoms with Crippen LogP contribution in [0.5, 0.6) is 5.75 Å². The molecule has 2 N–H and O–H groups in total. The molecule has 1 saturated heterocycles. The number of halogens is 2. The highest BCUT2D eigenvalue weighted by Crippen LogP contribution is 2.25. The fraction of sp³-hybridized carbons (Fsp3) is 0.462. The minimum Gasteiger partial charge on any atom is -0.494 e. The van der Waals surface area contributed by atoms with Gasteiger partial charge in [-0.25, -0.2) is 13.6 Å². The summed E-state index contributed by atoms with van der Waals surface area (Å²) in [7, 11) is 1.23. The predicted molar refractivity (Wildman–Crippen MR) is 68.7 cm³/mol. The number of aliphatic hydroxyl groups excluding tert-OH is 1. The molecule has 110 valence electrons. The third kappa shape index (κ3) is 3.16. The van der Waals surface area contributed by atoms with Gasteiger partial charge in [-0.05, 0) is 12.8 Å². The number of rotatable bonds is 2. The van der Waals surface area contributed by atoms with Crippen molar-refractivity contribution in [2.75, 3.05) is 25.5 Å². The number of nitrogens with zero attached hydrogens (tertiary/aromatic N) is 1. The summed E-state index contributed by atoms with van der Waals surface area (Å²) < 4.78 is 31.8. The SMILES string of the molecule is COc1cc(F)c(NC(=O)N2CCCC(O)C2)cc1F. The molecule has 2 amide bonds. The third-order valence-corrected chi connectivity index (χ3v) is 3.17. The number of ether oxygens (including phenoxy) is 1. The molecule has 1 aliphatic rings. The molecule has 0 bridgehead atoms. The molecule has 7 heteroatoms. The number of amides is 2. The molecule has 1 aromatic rings. The first-order chi connectivity index (χ1) is 9.51. The number of likely N-dealkylation sites (tertiary alicyclic amines) is 1. The van der Waals surface area contributed by atoms with Crippen molar-refractivity contribution in [3.63, 3.8) is 0 Å². The van der Waals surface area contributed by atoms with Crippen LogP contribution in [0.15, 0.2) is 12.1 Å². The van der Waals surface area contributed by atoms with E-state index in [-0.39, 0.29) is 18.0 Å². The Balaban J connectivity index is 2.09. The van der Waals surface area contributed by atoms with Crippen LogP contribution in [0.1, 0.15) is 12.8 Å². The summed E-state index contributed by atoms with van der Waals surface area (Å²) in [6.07, 6.45) is 0.732. The molecular formula is C13H16F2N2O3. The minimum absolute atomic E-state index is 0.187. The van der Waals surface area contributed by atoms with Crippen LogP contribution in [0.3, 0.4) is 0 Å². The van der Waals surface area contributed by atoms with Crippen LogP contribution in [-0.2, 0) is 0 Å². The molecule has 0 radical (unpaired) electrons. The van der Waals surface area contributed by atoms with Gasteiger partial charge in [-0.2, -0.15) is 0 Å².